The van der Waals surface area contributed by atoms with Gasteiger partial charge >= 0.3 is 0 Å². The highest BCUT2D eigenvalue weighted by Crippen LogP contribution is 2.21. The van der Waals surface area contributed by atoms with Crippen molar-refractivity contribution in [3.05, 3.63) is 66.0 Å². The second-order valence-corrected chi connectivity index (χ2v) is 5.03. The molecular formula is C18H14N6. The Morgan fingerprint density at radius 2 is 1.42 bits per heavy atom. The second-order valence-electron chi connectivity index (χ2n) is 5.03. The molecule has 3 rings (SSSR count). The molecule has 0 unspecified atom stereocenters. The predicted octanol–water partition coefficient (Wildman–Crippen LogP) is 2.77. The van der Waals surface area contributed by atoms with E-state index in [1.54, 1.807) is 6.08 Å². The van der Waals surface area contributed by atoms with E-state index in [1.807, 2.05) is 54.6 Å². The van der Waals surface area contributed by atoms with E-state index in [0.717, 1.165) is 16.7 Å². The first-order chi connectivity index (χ1) is 11.7. The Kier molecular flexibility index (Phi) is 4.17. The maximum Gasteiger partial charge on any atom is 0.225 e. The summed E-state index contributed by atoms with van der Waals surface area (Å²) in [5, 5.41) is 9.35. The lowest BCUT2D eigenvalue weighted by Crippen LogP contribution is -2.06. The number of anilines is 2. The van der Waals surface area contributed by atoms with E-state index >= 15 is 0 Å². The van der Waals surface area contributed by atoms with Crippen LogP contribution in [0.1, 0.15) is 11.4 Å². The lowest BCUT2D eigenvalue weighted by atomic mass is 10.0. The number of hydrogen-bond acceptors (Lipinski definition) is 6. The number of aromatic nitrogens is 3. The fourth-order valence-electron chi connectivity index (χ4n) is 2.25. The van der Waals surface area contributed by atoms with Gasteiger partial charge in [-0.3, -0.25) is 0 Å². The van der Waals surface area contributed by atoms with Crippen LogP contribution in [0.2, 0.25) is 0 Å². The minimum atomic E-state index is -0.0157. The molecule has 0 amide bonds. The van der Waals surface area contributed by atoms with Crippen molar-refractivity contribution < 1.29 is 0 Å². The van der Waals surface area contributed by atoms with Crippen LogP contribution in [0.25, 0.3) is 22.8 Å². The monoisotopic (exact) mass is 314 g/mol. The van der Waals surface area contributed by atoms with Crippen LogP contribution in [0.4, 0.5) is 11.9 Å². The van der Waals surface area contributed by atoms with Gasteiger partial charge in [0.25, 0.3) is 0 Å². The van der Waals surface area contributed by atoms with Gasteiger partial charge in [-0.25, -0.2) is 0 Å². The molecule has 0 fully saturated rings. The number of nitrogens with two attached hydrogens (primary N) is 2. The molecular weight excluding hydrogens is 300 g/mol. The number of rotatable bonds is 3. The van der Waals surface area contributed by atoms with Crippen LogP contribution in [-0.2, 0) is 0 Å². The second kappa shape index (κ2) is 6.58. The molecule has 0 radical (unpaired) electrons. The zero-order valence-corrected chi connectivity index (χ0v) is 12.7. The van der Waals surface area contributed by atoms with Crippen LogP contribution in [0.15, 0.2) is 54.6 Å². The van der Waals surface area contributed by atoms with Gasteiger partial charge in [-0.1, -0.05) is 54.6 Å². The largest absolute Gasteiger partial charge is 0.368 e. The lowest BCUT2D eigenvalue weighted by molar-refractivity contribution is 1.05. The Morgan fingerprint density at radius 3 is 2.00 bits per heavy atom. The standard InChI is InChI=1S/C18H14N6/c19-11-15(16-22-17(20)24-18(21)23-16)10-12-6-8-14(9-7-12)13-4-2-1-3-5-13/h1-10H,(H4,20,21,22,23,24)/b15-10+. The van der Waals surface area contributed by atoms with E-state index in [9.17, 15) is 5.26 Å². The molecule has 0 aliphatic rings. The fourth-order valence-corrected chi connectivity index (χ4v) is 2.25. The van der Waals surface area contributed by atoms with Gasteiger partial charge in [-0.2, -0.15) is 20.2 Å². The van der Waals surface area contributed by atoms with Crippen LogP contribution in [0.3, 0.4) is 0 Å². The molecule has 3 aromatic rings. The minimum absolute atomic E-state index is 0.0157. The topological polar surface area (TPSA) is 114 Å². The summed E-state index contributed by atoms with van der Waals surface area (Å²) < 4.78 is 0. The van der Waals surface area contributed by atoms with E-state index < -0.39 is 0 Å². The number of benzene rings is 2. The predicted molar refractivity (Wildman–Crippen MR) is 94.0 cm³/mol. The van der Waals surface area contributed by atoms with Crippen molar-refractivity contribution in [3.63, 3.8) is 0 Å². The van der Waals surface area contributed by atoms with Crippen LogP contribution in [0.5, 0.6) is 0 Å². The summed E-state index contributed by atoms with van der Waals surface area (Å²) in [6.07, 6.45) is 1.68. The summed E-state index contributed by atoms with van der Waals surface area (Å²) >= 11 is 0. The van der Waals surface area contributed by atoms with Crippen LogP contribution < -0.4 is 11.5 Å². The summed E-state index contributed by atoms with van der Waals surface area (Å²) in [5.41, 5.74) is 14.4. The van der Waals surface area contributed by atoms with Gasteiger partial charge in [-0.15, -0.1) is 0 Å². The smallest absolute Gasteiger partial charge is 0.225 e. The van der Waals surface area contributed by atoms with Gasteiger partial charge < -0.3 is 11.5 Å². The van der Waals surface area contributed by atoms with Gasteiger partial charge in [-0.05, 0) is 22.8 Å². The molecule has 24 heavy (non-hydrogen) atoms. The molecule has 1 aromatic heterocycles. The molecule has 0 aliphatic carbocycles. The third-order valence-electron chi connectivity index (χ3n) is 3.36. The molecule has 0 bridgehead atoms. The lowest BCUT2D eigenvalue weighted by Gasteiger charge is -2.03. The third kappa shape index (κ3) is 3.36. The van der Waals surface area contributed by atoms with Crippen molar-refractivity contribution in [3.8, 4) is 17.2 Å². The van der Waals surface area contributed by atoms with E-state index in [4.69, 9.17) is 11.5 Å². The summed E-state index contributed by atoms with van der Waals surface area (Å²) in [4.78, 5) is 11.6. The van der Waals surface area contributed by atoms with E-state index in [2.05, 4.69) is 21.0 Å². The molecule has 4 N–H and O–H groups in total. The molecule has 0 saturated heterocycles. The maximum absolute atomic E-state index is 9.35. The Hall–Kier alpha value is -3.72. The first-order valence-corrected chi connectivity index (χ1v) is 7.20. The van der Waals surface area contributed by atoms with E-state index in [0.29, 0.717) is 0 Å². The average molecular weight is 314 g/mol. The fraction of sp³-hybridized carbons (Fsp3) is 0. The number of nitrogens with zero attached hydrogens (tertiary/aromatic N) is 4. The summed E-state index contributed by atoms with van der Waals surface area (Å²) in [7, 11) is 0. The SMILES string of the molecule is N#C/C(=C\c1ccc(-c2ccccc2)cc1)c1nc(N)nc(N)n1. The minimum Gasteiger partial charge on any atom is -0.368 e. The first kappa shape index (κ1) is 15.2. The van der Waals surface area contributed by atoms with Crippen molar-refractivity contribution in [2.75, 3.05) is 11.5 Å². The zero-order chi connectivity index (χ0) is 16.9. The van der Waals surface area contributed by atoms with Crippen LogP contribution >= 0.6 is 0 Å². The number of hydrogen-bond donors (Lipinski definition) is 2. The Morgan fingerprint density at radius 1 is 0.833 bits per heavy atom. The van der Waals surface area contributed by atoms with E-state index in [-0.39, 0.29) is 23.3 Å². The van der Waals surface area contributed by atoms with Crippen molar-refractivity contribution in [1.29, 1.82) is 5.26 Å². The van der Waals surface area contributed by atoms with Crippen LogP contribution in [0, 0.1) is 11.3 Å². The molecule has 1 heterocycles. The number of allylic oxidation sites excluding steroid dienone is 1. The molecule has 0 spiro atoms. The Labute approximate surface area is 139 Å². The summed E-state index contributed by atoms with van der Waals surface area (Å²) in [5.74, 6) is 0.130. The van der Waals surface area contributed by atoms with Crippen molar-refractivity contribution in [2.45, 2.75) is 0 Å². The molecule has 0 atom stereocenters. The molecule has 0 aliphatic heterocycles. The van der Waals surface area contributed by atoms with Gasteiger partial charge in [0, 0.05) is 0 Å². The quantitative estimate of drug-likeness (QED) is 0.718. The average Bonchev–Trinajstić information content (AvgIpc) is 2.60. The normalized spacial score (nSPS) is 11.0. The molecule has 2 aromatic carbocycles. The van der Waals surface area contributed by atoms with Gasteiger partial charge in [0.1, 0.15) is 6.07 Å². The highest BCUT2D eigenvalue weighted by Gasteiger charge is 2.08. The molecule has 6 heteroatoms. The van der Waals surface area contributed by atoms with Crippen LogP contribution in [-0.4, -0.2) is 15.0 Å². The molecule has 116 valence electrons. The van der Waals surface area contributed by atoms with Gasteiger partial charge in [0.2, 0.25) is 11.9 Å². The highest BCUT2D eigenvalue weighted by atomic mass is 15.1. The molecule has 0 saturated carbocycles. The summed E-state index contributed by atoms with van der Waals surface area (Å²) in [6.45, 7) is 0. The van der Waals surface area contributed by atoms with Crippen molar-refractivity contribution in [1.82, 2.24) is 15.0 Å². The summed E-state index contributed by atoms with van der Waals surface area (Å²) in [6, 6.07) is 19.9. The molecule has 6 nitrogen and oxygen atoms in total. The van der Waals surface area contributed by atoms with Gasteiger partial charge in [0.15, 0.2) is 5.82 Å². The zero-order valence-electron chi connectivity index (χ0n) is 12.7. The maximum atomic E-state index is 9.35. The third-order valence-corrected chi connectivity index (χ3v) is 3.36. The Balaban J connectivity index is 1.93. The van der Waals surface area contributed by atoms with Crippen molar-refractivity contribution >= 4 is 23.5 Å². The van der Waals surface area contributed by atoms with Crippen molar-refractivity contribution in [2.24, 2.45) is 0 Å². The van der Waals surface area contributed by atoms with Gasteiger partial charge in [0.05, 0.1) is 5.57 Å². The Bertz CT molecular complexity index is 904. The van der Waals surface area contributed by atoms with E-state index in [1.165, 1.54) is 0 Å². The first-order valence-electron chi connectivity index (χ1n) is 7.20. The highest BCUT2D eigenvalue weighted by molar-refractivity contribution is 5.87. The number of nitrogen functional groups attached to an aromatic ring is 2. The number of nitriles is 1.